The van der Waals surface area contributed by atoms with Crippen LogP contribution in [0.25, 0.3) is 0 Å². The van der Waals surface area contributed by atoms with Crippen LogP contribution in [0.5, 0.6) is 0 Å². The van der Waals surface area contributed by atoms with E-state index in [1.807, 2.05) is 0 Å². The summed E-state index contributed by atoms with van der Waals surface area (Å²) in [5.74, 6) is -1.79. The molecular formula is C10H10ClN3O5. The number of carbonyl (C=O) groups is 2. The molecule has 0 saturated heterocycles. The van der Waals surface area contributed by atoms with E-state index in [-0.39, 0.29) is 22.8 Å². The number of carbonyl (C=O) groups excluding carboxylic acids is 1. The minimum absolute atomic E-state index is 0.173. The molecule has 0 radical (unpaired) electrons. The van der Waals surface area contributed by atoms with Crippen molar-refractivity contribution in [2.75, 3.05) is 0 Å². The first-order valence-electron chi connectivity index (χ1n) is 5.14. The van der Waals surface area contributed by atoms with Gasteiger partial charge in [0.1, 0.15) is 11.3 Å². The number of hydrogen-bond donors (Lipinski definition) is 2. The minimum Gasteiger partial charge on any atom is -0.481 e. The number of nitrogens with zero attached hydrogens (tertiary/aromatic N) is 2. The topological polar surface area (TPSA) is 122 Å². The van der Waals surface area contributed by atoms with E-state index < -0.39 is 22.8 Å². The fourth-order valence-electron chi connectivity index (χ4n) is 1.31. The van der Waals surface area contributed by atoms with Gasteiger partial charge in [0, 0.05) is 12.1 Å². The predicted octanol–water partition coefficient (Wildman–Crippen LogP) is 1.24. The highest BCUT2D eigenvalue weighted by molar-refractivity contribution is 6.32. The molecule has 19 heavy (non-hydrogen) atoms. The SMILES string of the molecule is CC(CC(=O)O)NC(=O)c1cc([N+](=O)[O-])cnc1Cl. The maximum atomic E-state index is 11.8. The summed E-state index contributed by atoms with van der Waals surface area (Å²) in [6.45, 7) is 1.49. The molecule has 0 aromatic carbocycles. The average Bonchev–Trinajstić information content (AvgIpc) is 2.27. The number of carboxylic acids is 1. The first-order valence-corrected chi connectivity index (χ1v) is 5.51. The maximum Gasteiger partial charge on any atom is 0.305 e. The normalized spacial score (nSPS) is 11.7. The van der Waals surface area contributed by atoms with Gasteiger partial charge in [0.15, 0.2) is 0 Å². The zero-order chi connectivity index (χ0) is 14.6. The molecule has 0 bridgehead atoms. The van der Waals surface area contributed by atoms with Crippen molar-refractivity contribution in [1.82, 2.24) is 10.3 Å². The van der Waals surface area contributed by atoms with E-state index in [1.54, 1.807) is 0 Å². The van der Waals surface area contributed by atoms with Gasteiger partial charge in [-0.2, -0.15) is 0 Å². The van der Waals surface area contributed by atoms with Crippen LogP contribution in [0.1, 0.15) is 23.7 Å². The van der Waals surface area contributed by atoms with Gasteiger partial charge in [0.2, 0.25) is 0 Å². The smallest absolute Gasteiger partial charge is 0.305 e. The molecule has 0 saturated carbocycles. The first kappa shape index (κ1) is 14.8. The number of aromatic nitrogens is 1. The maximum absolute atomic E-state index is 11.8. The summed E-state index contributed by atoms with van der Waals surface area (Å²) in [4.78, 5) is 35.6. The Morgan fingerprint density at radius 2 is 2.26 bits per heavy atom. The Morgan fingerprint density at radius 3 is 2.79 bits per heavy atom. The van der Waals surface area contributed by atoms with Gasteiger partial charge in [-0.05, 0) is 6.92 Å². The number of nitrogens with one attached hydrogen (secondary N) is 1. The predicted molar refractivity (Wildman–Crippen MR) is 65.1 cm³/mol. The van der Waals surface area contributed by atoms with Crippen LogP contribution < -0.4 is 5.32 Å². The molecule has 102 valence electrons. The number of amides is 1. The summed E-state index contributed by atoms with van der Waals surface area (Å²) < 4.78 is 0. The Hall–Kier alpha value is -2.22. The Morgan fingerprint density at radius 1 is 1.63 bits per heavy atom. The molecule has 1 unspecified atom stereocenters. The molecule has 0 aliphatic carbocycles. The fraction of sp³-hybridized carbons (Fsp3) is 0.300. The second kappa shape index (κ2) is 6.10. The van der Waals surface area contributed by atoms with Crippen LogP contribution in [-0.2, 0) is 4.79 Å². The third-order valence-electron chi connectivity index (χ3n) is 2.14. The molecular weight excluding hydrogens is 278 g/mol. The van der Waals surface area contributed by atoms with E-state index >= 15 is 0 Å². The Kier molecular flexibility index (Phi) is 4.76. The van der Waals surface area contributed by atoms with Crippen molar-refractivity contribution in [2.45, 2.75) is 19.4 Å². The van der Waals surface area contributed by atoms with Gasteiger partial charge in [-0.25, -0.2) is 4.98 Å². The summed E-state index contributed by atoms with van der Waals surface area (Å²) in [7, 11) is 0. The van der Waals surface area contributed by atoms with Crippen molar-refractivity contribution >= 4 is 29.2 Å². The van der Waals surface area contributed by atoms with Crippen molar-refractivity contribution in [3.63, 3.8) is 0 Å². The molecule has 2 N–H and O–H groups in total. The van der Waals surface area contributed by atoms with Gasteiger partial charge in [0.05, 0.1) is 16.9 Å². The van der Waals surface area contributed by atoms with Crippen molar-refractivity contribution in [1.29, 1.82) is 0 Å². The van der Waals surface area contributed by atoms with Gasteiger partial charge < -0.3 is 10.4 Å². The van der Waals surface area contributed by atoms with Crippen LogP contribution in [0.2, 0.25) is 5.15 Å². The lowest BCUT2D eigenvalue weighted by atomic mass is 10.2. The molecule has 8 nitrogen and oxygen atoms in total. The van der Waals surface area contributed by atoms with E-state index in [4.69, 9.17) is 16.7 Å². The molecule has 1 atom stereocenters. The number of aliphatic carboxylic acids is 1. The minimum atomic E-state index is -1.07. The summed E-state index contributed by atoms with van der Waals surface area (Å²) >= 11 is 5.67. The van der Waals surface area contributed by atoms with Crippen LogP contribution in [0.4, 0.5) is 5.69 Å². The largest absolute Gasteiger partial charge is 0.481 e. The Labute approximate surface area is 112 Å². The lowest BCUT2D eigenvalue weighted by Gasteiger charge is -2.11. The quantitative estimate of drug-likeness (QED) is 0.477. The molecule has 1 aromatic rings. The fourth-order valence-corrected chi connectivity index (χ4v) is 1.50. The summed E-state index contributed by atoms with van der Waals surface area (Å²) in [6, 6.07) is 0.346. The van der Waals surface area contributed by atoms with Crippen molar-refractivity contribution in [3.05, 3.63) is 33.1 Å². The van der Waals surface area contributed by atoms with Crippen LogP contribution in [-0.4, -0.2) is 32.9 Å². The second-order valence-electron chi connectivity index (χ2n) is 3.76. The zero-order valence-corrected chi connectivity index (χ0v) is 10.5. The van der Waals surface area contributed by atoms with E-state index in [2.05, 4.69) is 10.3 Å². The van der Waals surface area contributed by atoms with E-state index in [1.165, 1.54) is 6.92 Å². The monoisotopic (exact) mass is 287 g/mol. The molecule has 1 aromatic heterocycles. The Balaban J connectivity index is 2.90. The molecule has 0 spiro atoms. The van der Waals surface area contributed by atoms with Crippen molar-refractivity contribution in [3.8, 4) is 0 Å². The molecule has 1 rings (SSSR count). The third-order valence-corrected chi connectivity index (χ3v) is 2.44. The van der Waals surface area contributed by atoms with Gasteiger partial charge in [-0.15, -0.1) is 0 Å². The van der Waals surface area contributed by atoms with Crippen molar-refractivity contribution in [2.24, 2.45) is 0 Å². The van der Waals surface area contributed by atoms with Gasteiger partial charge >= 0.3 is 5.97 Å². The standard InChI is InChI=1S/C10H10ClN3O5/c1-5(2-8(15)16)13-10(17)7-3-6(14(18)19)4-12-9(7)11/h3-5H,2H2,1H3,(H,13,17)(H,15,16). The summed E-state index contributed by atoms with van der Waals surface area (Å²) in [6.07, 6.45) is 0.658. The average molecular weight is 288 g/mol. The highest BCUT2D eigenvalue weighted by atomic mass is 35.5. The molecule has 9 heteroatoms. The van der Waals surface area contributed by atoms with Gasteiger partial charge in [-0.1, -0.05) is 11.6 Å². The van der Waals surface area contributed by atoms with E-state index in [0.717, 1.165) is 12.3 Å². The number of halogens is 1. The highest BCUT2D eigenvalue weighted by Crippen LogP contribution is 2.19. The van der Waals surface area contributed by atoms with Crippen LogP contribution in [0.15, 0.2) is 12.3 Å². The van der Waals surface area contributed by atoms with Crippen molar-refractivity contribution < 1.29 is 19.6 Å². The number of hydrogen-bond acceptors (Lipinski definition) is 5. The lowest BCUT2D eigenvalue weighted by molar-refractivity contribution is -0.385. The van der Waals surface area contributed by atoms with Crippen LogP contribution in [0, 0.1) is 10.1 Å². The lowest BCUT2D eigenvalue weighted by Crippen LogP contribution is -2.34. The Bertz CT molecular complexity index is 534. The first-order chi connectivity index (χ1) is 8.81. The van der Waals surface area contributed by atoms with Gasteiger partial charge in [0.25, 0.3) is 11.6 Å². The molecule has 0 aliphatic rings. The summed E-state index contributed by atoms with van der Waals surface area (Å²) in [5, 5.41) is 21.3. The van der Waals surface area contributed by atoms with E-state index in [0.29, 0.717) is 0 Å². The van der Waals surface area contributed by atoms with E-state index in [9.17, 15) is 19.7 Å². The molecule has 0 fully saturated rings. The highest BCUT2D eigenvalue weighted by Gasteiger charge is 2.19. The van der Waals surface area contributed by atoms with Crippen LogP contribution >= 0.6 is 11.6 Å². The number of nitro groups is 1. The number of carboxylic acid groups (broad SMARTS) is 1. The van der Waals surface area contributed by atoms with Crippen LogP contribution in [0.3, 0.4) is 0 Å². The third kappa shape index (κ3) is 4.18. The summed E-state index contributed by atoms with van der Waals surface area (Å²) in [5.41, 5.74) is -0.548. The molecule has 1 heterocycles. The molecule has 0 aliphatic heterocycles. The zero-order valence-electron chi connectivity index (χ0n) is 9.79. The number of rotatable bonds is 5. The van der Waals surface area contributed by atoms with Gasteiger partial charge in [-0.3, -0.25) is 19.7 Å². The molecule has 1 amide bonds. The second-order valence-corrected chi connectivity index (χ2v) is 4.12. The number of pyridine rings is 1.